The first kappa shape index (κ1) is 17.4. The highest BCUT2D eigenvalue weighted by atomic mass is 16.4. The molecule has 0 aliphatic heterocycles. The molecule has 0 aliphatic carbocycles. The van der Waals surface area contributed by atoms with Gasteiger partial charge in [0.15, 0.2) is 0 Å². The van der Waals surface area contributed by atoms with E-state index in [0.717, 1.165) is 0 Å². The fraction of sp³-hybridized carbons (Fsp3) is 0.769. The maximum absolute atomic E-state index is 11.8. The molecule has 110 valence electrons. The van der Waals surface area contributed by atoms with Gasteiger partial charge in [0.2, 0.25) is 11.8 Å². The Morgan fingerprint density at radius 1 is 1.16 bits per heavy atom. The Labute approximate surface area is 113 Å². The van der Waals surface area contributed by atoms with Crippen LogP contribution in [0, 0.1) is 5.41 Å². The molecule has 0 saturated carbocycles. The van der Waals surface area contributed by atoms with E-state index in [1.807, 2.05) is 6.92 Å². The Balaban J connectivity index is 4.49. The van der Waals surface area contributed by atoms with Crippen molar-refractivity contribution in [3.8, 4) is 0 Å². The maximum Gasteiger partial charge on any atom is 0.326 e. The van der Waals surface area contributed by atoms with Crippen LogP contribution in [0.15, 0.2) is 0 Å². The summed E-state index contributed by atoms with van der Waals surface area (Å²) in [6.45, 7) is 8.59. The lowest BCUT2D eigenvalue weighted by Crippen LogP contribution is -2.52. The molecule has 0 aliphatic rings. The van der Waals surface area contributed by atoms with Crippen molar-refractivity contribution < 1.29 is 19.5 Å². The number of rotatable bonds is 6. The third kappa shape index (κ3) is 6.22. The fourth-order valence-electron chi connectivity index (χ4n) is 1.32. The average Bonchev–Trinajstić information content (AvgIpc) is 2.26. The Hall–Kier alpha value is -1.59. The number of carboxylic acid groups (broad SMARTS) is 1. The topological polar surface area (TPSA) is 95.5 Å². The largest absolute Gasteiger partial charge is 0.480 e. The Morgan fingerprint density at radius 2 is 1.68 bits per heavy atom. The first-order chi connectivity index (χ1) is 8.59. The van der Waals surface area contributed by atoms with E-state index in [1.165, 1.54) is 6.92 Å². The van der Waals surface area contributed by atoms with Crippen LogP contribution >= 0.6 is 0 Å². The van der Waals surface area contributed by atoms with E-state index < -0.39 is 29.4 Å². The van der Waals surface area contributed by atoms with Crippen LogP contribution in [0.4, 0.5) is 0 Å². The van der Waals surface area contributed by atoms with Gasteiger partial charge in [0.1, 0.15) is 12.1 Å². The first-order valence-electron chi connectivity index (χ1n) is 6.43. The van der Waals surface area contributed by atoms with Gasteiger partial charge in [0.25, 0.3) is 0 Å². The normalized spacial score (nSPS) is 14.4. The van der Waals surface area contributed by atoms with Crippen molar-refractivity contribution in [3.63, 3.8) is 0 Å². The number of carbonyl (C=O) groups excluding carboxylic acids is 2. The quantitative estimate of drug-likeness (QED) is 0.669. The summed E-state index contributed by atoms with van der Waals surface area (Å²) in [5.41, 5.74) is -0.593. The van der Waals surface area contributed by atoms with Crippen LogP contribution in [-0.2, 0) is 14.4 Å². The second-order valence-electron chi connectivity index (χ2n) is 5.63. The van der Waals surface area contributed by atoms with Gasteiger partial charge in [0, 0.05) is 5.41 Å². The minimum Gasteiger partial charge on any atom is -0.480 e. The Morgan fingerprint density at radius 3 is 2.05 bits per heavy atom. The second-order valence-corrected chi connectivity index (χ2v) is 5.63. The lowest BCUT2D eigenvalue weighted by molar-refractivity contribution is -0.142. The summed E-state index contributed by atoms with van der Waals surface area (Å²) in [5.74, 6) is -1.81. The molecule has 19 heavy (non-hydrogen) atoms. The fourth-order valence-corrected chi connectivity index (χ4v) is 1.32. The molecule has 2 amide bonds. The summed E-state index contributed by atoms with van der Waals surface area (Å²) in [4.78, 5) is 34.5. The van der Waals surface area contributed by atoms with Crippen molar-refractivity contribution in [2.75, 3.05) is 0 Å². The highest BCUT2D eigenvalue weighted by Crippen LogP contribution is 2.12. The highest BCUT2D eigenvalue weighted by Gasteiger charge is 2.27. The zero-order valence-electron chi connectivity index (χ0n) is 12.2. The predicted octanol–water partition coefficient (Wildman–Crippen LogP) is 0.907. The van der Waals surface area contributed by atoms with Gasteiger partial charge < -0.3 is 15.7 Å². The number of amides is 2. The van der Waals surface area contributed by atoms with Crippen LogP contribution < -0.4 is 10.6 Å². The highest BCUT2D eigenvalue weighted by molar-refractivity contribution is 5.91. The zero-order chi connectivity index (χ0) is 15.2. The molecule has 0 fully saturated rings. The van der Waals surface area contributed by atoms with Gasteiger partial charge in [-0.25, -0.2) is 4.79 Å². The molecule has 0 aromatic rings. The standard InChI is InChI=1S/C13H24N2O4/c1-6-7-9(11(17)18)15-10(16)8(2)14-12(19)13(3,4)5/h8-9H,6-7H2,1-5H3,(H,14,19)(H,15,16)(H,17,18)/t8?,9-/m1/s1. The van der Waals surface area contributed by atoms with E-state index >= 15 is 0 Å². The summed E-state index contributed by atoms with van der Waals surface area (Å²) < 4.78 is 0. The molecule has 0 aromatic heterocycles. The molecule has 0 saturated heterocycles. The van der Waals surface area contributed by atoms with Crippen LogP contribution in [0.2, 0.25) is 0 Å². The van der Waals surface area contributed by atoms with Crippen molar-refractivity contribution in [1.82, 2.24) is 10.6 Å². The molecule has 1 unspecified atom stereocenters. The molecular formula is C13H24N2O4. The monoisotopic (exact) mass is 272 g/mol. The van der Waals surface area contributed by atoms with Gasteiger partial charge in [-0.15, -0.1) is 0 Å². The molecule has 0 heterocycles. The van der Waals surface area contributed by atoms with Crippen LogP contribution in [-0.4, -0.2) is 35.0 Å². The van der Waals surface area contributed by atoms with Crippen molar-refractivity contribution in [2.45, 2.75) is 59.5 Å². The third-order valence-corrected chi connectivity index (χ3v) is 2.61. The van der Waals surface area contributed by atoms with Crippen LogP contribution in [0.3, 0.4) is 0 Å². The van der Waals surface area contributed by atoms with Crippen LogP contribution in [0.1, 0.15) is 47.5 Å². The molecule has 2 atom stereocenters. The number of carbonyl (C=O) groups is 3. The van der Waals surface area contributed by atoms with Crippen molar-refractivity contribution in [3.05, 3.63) is 0 Å². The molecule has 6 heteroatoms. The molecule has 0 bridgehead atoms. The van der Waals surface area contributed by atoms with Crippen LogP contribution in [0.5, 0.6) is 0 Å². The molecule has 0 aromatic carbocycles. The number of carboxylic acids is 1. The van der Waals surface area contributed by atoms with E-state index in [1.54, 1.807) is 20.8 Å². The molecule has 0 radical (unpaired) electrons. The third-order valence-electron chi connectivity index (χ3n) is 2.61. The van der Waals surface area contributed by atoms with E-state index in [-0.39, 0.29) is 5.91 Å². The predicted molar refractivity (Wildman–Crippen MR) is 71.5 cm³/mol. The van der Waals surface area contributed by atoms with Crippen molar-refractivity contribution in [2.24, 2.45) is 5.41 Å². The Bertz CT molecular complexity index is 347. The minimum absolute atomic E-state index is 0.252. The van der Waals surface area contributed by atoms with Gasteiger partial charge in [-0.1, -0.05) is 34.1 Å². The van der Waals surface area contributed by atoms with E-state index in [2.05, 4.69) is 10.6 Å². The van der Waals surface area contributed by atoms with Gasteiger partial charge in [0.05, 0.1) is 0 Å². The average molecular weight is 272 g/mol. The summed E-state index contributed by atoms with van der Waals surface area (Å²) in [5, 5.41) is 13.9. The van der Waals surface area contributed by atoms with Gasteiger partial charge >= 0.3 is 5.97 Å². The first-order valence-corrected chi connectivity index (χ1v) is 6.43. The molecular weight excluding hydrogens is 248 g/mol. The number of hydrogen-bond acceptors (Lipinski definition) is 3. The van der Waals surface area contributed by atoms with E-state index in [4.69, 9.17) is 5.11 Å². The Kier molecular flexibility index (Phi) is 6.52. The summed E-state index contributed by atoms with van der Waals surface area (Å²) in [6, 6.07) is -1.67. The lowest BCUT2D eigenvalue weighted by atomic mass is 9.95. The van der Waals surface area contributed by atoms with Gasteiger partial charge in [-0.2, -0.15) is 0 Å². The molecule has 0 spiro atoms. The SMILES string of the molecule is CCC[C@@H](NC(=O)C(C)NC(=O)C(C)(C)C)C(=O)O. The lowest BCUT2D eigenvalue weighted by Gasteiger charge is -2.22. The van der Waals surface area contributed by atoms with Crippen molar-refractivity contribution >= 4 is 17.8 Å². The summed E-state index contributed by atoms with van der Waals surface area (Å²) in [7, 11) is 0. The molecule has 6 nitrogen and oxygen atoms in total. The summed E-state index contributed by atoms with van der Waals surface area (Å²) >= 11 is 0. The van der Waals surface area contributed by atoms with Gasteiger partial charge in [-0.3, -0.25) is 9.59 Å². The van der Waals surface area contributed by atoms with Crippen molar-refractivity contribution in [1.29, 1.82) is 0 Å². The smallest absolute Gasteiger partial charge is 0.326 e. The zero-order valence-corrected chi connectivity index (χ0v) is 12.2. The number of nitrogens with one attached hydrogen (secondary N) is 2. The molecule has 0 rings (SSSR count). The number of hydrogen-bond donors (Lipinski definition) is 3. The number of aliphatic carboxylic acids is 1. The second kappa shape index (κ2) is 7.11. The van der Waals surface area contributed by atoms with E-state index in [9.17, 15) is 14.4 Å². The minimum atomic E-state index is -1.07. The summed E-state index contributed by atoms with van der Waals surface area (Å²) in [6.07, 6.45) is 1.01. The van der Waals surface area contributed by atoms with Crippen LogP contribution in [0.25, 0.3) is 0 Å². The maximum atomic E-state index is 11.8. The van der Waals surface area contributed by atoms with Gasteiger partial charge in [-0.05, 0) is 13.3 Å². The molecule has 3 N–H and O–H groups in total. The van der Waals surface area contributed by atoms with E-state index in [0.29, 0.717) is 12.8 Å².